The highest BCUT2D eigenvalue weighted by Gasteiger charge is 2.15. The normalized spacial score (nSPS) is 11.3. The Morgan fingerprint density at radius 1 is 1.17 bits per heavy atom. The molecule has 0 unspecified atom stereocenters. The molecule has 1 rings (SSSR count). The molecule has 0 aliphatic heterocycles. The van der Waals surface area contributed by atoms with Crippen LogP contribution < -0.4 is 0 Å². The Balaban J connectivity index is 2.44. The molecule has 0 aromatic carbocycles. The molecule has 0 bridgehead atoms. The van der Waals surface area contributed by atoms with Gasteiger partial charge in [0.1, 0.15) is 5.69 Å². The van der Waals surface area contributed by atoms with Crippen molar-refractivity contribution >= 4 is 0 Å². The van der Waals surface area contributed by atoms with Crippen LogP contribution in [0.2, 0.25) is 0 Å². The van der Waals surface area contributed by atoms with Gasteiger partial charge in [-0.25, -0.2) is 0 Å². The second-order valence-corrected chi connectivity index (χ2v) is 3.70. The summed E-state index contributed by atoms with van der Waals surface area (Å²) in [5.41, 5.74) is 0.718. The fourth-order valence-electron chi connectivity index (χ4n) is 1.53. The lowest BCUT2D eigenvalue weighted by molar-refractivity contribution is -0.142. The smallest absolute Gasteiger partial charge is 0.204 e. The molecule has 18 heavy (non-hydrogen) atoms. The first-order valence-corrected chi connectivity index (χ1v) is 6.52. The van der Waals surface area contributed by atoms with Gasteiger partial charge in [-0.2, -0.15) is 0 Å². The lowest BCUT2D eigenvalue weighted by atomic mass is 10.4. The molecule has 0 aliphatic rings. The molecule has 1 aromatic rings. The number of rotatable bonds is 10. The van der Waals surface area contributed by atoms with Crippen molar-refractivity contribution in [1.82, 2.24) is 15.0 Å². The molecule has 6 nitrogen and oxygen atoms in total. The van der Waals surface area contributed by atoms with Crippen LogP contribution in [-0.4, -0.2) is 41.4 Å². The summed E-state index contributed by atoms with van der Waals surface area (Å²) >= 11 is 0. The molecule has 0 aliphatic carbocycles. The van der Waals surface area contributed by atoms with E-state index in [4.69, 9.17) is 14.2 Å². The Labute approximate surface area is 108 Å². The summed E-state index contributed by atoms with van der Waals surface area (Å²) in [5.74, 6) is 0. The van der Waals surface area contributed by atoms with Crippen LogP contribution in [0.25, 0.3) is 0 Å². The van der Waals surface area contributed by atoms with Gasteiger partial charge in [0.05, 0.1) is 6.20 Å². The van der Waals surface area contributed by atoms with E-state index < -0.39 is 6.29 Å². The van der Waals surface area contributed by atoms with Crippen LogP contribution in [0.1, 0.15) is 39.2 Å². The molecule has 0 atom stereocenters. The quantitative estimate of drug-likeness (QED) is 0.472. The van der Waals surface area contributed by atoms with Crippen LogP contribution in [0, 0.1) is 0 Å². The first-order chi connectivity index (χ1) is 8.81. The van der Waals surface area contributed by atoms with Crippen molar-refractivity contribution in [2.45, 2.75) is 40.0 Å². The van der Waals surface area contributed by atoms with E-state index in [1.54, 1.807) is 4.68 Å². The van der Waals surface area contributed by atoms with E-state index >= 15 is 0 Å². The number of ether oxygens (including phenoxy) is 3. The zero-order valence-electron chi connectivity index (χ0n) is 11.5. The van der Waals surface area contributed by atoms with Crippen molar-refractivity contribution in [1.29, 1.82) is 0 Å². The van der Waals surface area contributed by atoms with Gasteiger partial charge in [0.25, 0.3) is 0 Å². The van der Waals surface area contributed by atoms with Crippen molar-refractivity contribution in [3.63, 3.8) is 0 Å². The molecule has 0 saturated heterocycles. The second-order valence-electron chi connectivity index (χ2n) is 3.70. The molecule has 6 heteroatoms. The first kappa shape index (κ1) is 15.1. The minimum atomic E-state index is -0.416. The molecule has 0 fully saturated rings. The summed E-state index contributed by atoms with van der Waals surface area (Å²) in [7, 11) is 0. The van der Waals surface area contributed by atoms with Gasteiger partial charge in [0.2, 0.25) is 6.29 Å². The highest BCUT2D eigenvalue weighted by molar-refractivity contribution is 4.94. The number of hydrogen-bond acceptors (Lipinski definition) is 5. The summed E-state index contributed by atoms with van der Waals surface area (Å²) in [6.45, 7) is 9.30. The molecular weight excluding hydrogens is 234 g/mol. The van der Waals surface area contributed by atoms with E-state index in [-0.39, 0.29) is 0 Å². The molecule has 0 saturated carbocycles. The zero-order valence-corrected chi connectivity index (χ0v) is 11.5. The van der Waals surface area contributed by atoms with Crippen LogP contribution in [0.5, 0.6) is 0 Å². The van der Waals surface area contributed by atoms with E-state index in [2.05, 4.69) is 10.3 Å². The highest BCUT2D eigenvalue weighted by atomic mass is 16.7. The third kappa shape index (κ3) is 5.12. The first-order valence-electron chi connectivity index (χ1n) is 6.52. The highest BCUT2D eigenvalue weighted by Crippen LogP contribution is 2.15. The van der Waals surface area contributed by atoms with Gasteiger partial charge < -0.3 is 14.2 Å². The van der Waals surface area contributed by atoms with Crippen LogP contribution in [0.15, 0.2) is 6.20 Å². The third-order valence-corrected chi connectivity index (χ3v) is 2.31. The summed E-state index contributed by atoms with van der Waals surface area (Å²) in [6, 6.07) is 0. The van der Waals surface area contributed by atoms with Crippen LogP contribution >= 0.6 is 0 Å². The average molecular weight is 257 g/mol. The largest absolute Gasteiger partial charge is 0.382 e. The molecule has 0 radical (unpaired) electrons. The van der Waals surface area contributed by atoms with Gasteiger partial charge >= 0.3 is 0 Å². The van der Waals surface area contributed by atoms with Gasteiger partial charge in [-0.05, 0) is 27.2 Å². The maximum atomic E-state index is 5.46. The van der Waals surface area contributed by atoms with Crippen LogP contribution in [0.4, 0.5) is 0 Å². The van der Waals surface area contributed by atoms with E-state index in [1.807, 2.05) is 27.0 Å². The fraction of sp³-hybridized carbons (Fsp3) is 0.833. The Morgan fingerprint density at radius 3 is 2.50 bits per heavy atom. The van der Waals surface area contributed by atoms with Gasteiger partial charge in [-0.3, -0.25) is 4.68 Å². The molecule has 0 spiro atoms. The van der Waals surface area contributed by atoms with E-state index in [0.717, 1.165) is 31.9 Å². The number of aromatic nitrogens is 3. The van der Waals surface area contributed by atoms with E-state index in [9.17, 15) is 0 Å². The van der Waals surface area contributed by atoms with Crippen molar-refractivity contribution in [3.05, 3.63) is 11.9 Å². The van der Waals surface area contributed by atoms with Gasteiger partial charge in [0, 0.05) is 33.0 Å². The molecule has 0 N–H and O–H groups in total. The van der Waals surface area contributed by atoms with Crippen molar-refractivity contribution in [3.8, 4) is 0 Å². The maximum Gasteiger partial charge on any atom is 0.204 e. The van der Waals surface area contributed by atoms with Gasteiger partial charge in [-0.1, -0.05) is 5.21 Å². The topological polar surface area (TPSA) is 58.4 Å². The number of hydrogen-bond donors (Lipinski definition) is 0. The summed E-state index contributed by atoms with van der Waals surface area (Å²) in [6.07, 6.45) is 2.37. The predicted molar refractivity (Wildman–Crippen MR) is 67.1 cm³/mol. The maximum absolute atomic E-state index is 5.46. The predicted octanol–water partition coefficient (Wildman–Crippen LogP) is 1.78. The molecule has 1 aromatic heterocycles. The van der Waals surface area contributed by atoms with Crippen molar-refractivity contribution < 1.29 is 14.2 Å². The number of nitrogens with zero attached hydrogens (tertiary/aromatic N) is 3. The van der Waals surface area contributed by atoms with Gasteiger partial charge in [-0.15, -0.1) is 5.10 Å². The SMILES string of the molecule is CCOCCCn1cc(C(OCC)OCC)nn1. The summed E-state index contributed by atoms with van der Waals surface area (Å²) in [5, 5.41) is 8.13. The minimum absolute atomic E-state index is 0.416. The Kier molecular flexibility index (Phi) is 7.55. The number of aryl methyl sites for hydroxylation is 1. The Bertz CT molecular complexity index is 311. The minimum Gasteiger partial charge on any atom is -0.382 e. The van der Waals surface area contributed by atoms with E-state index in [1.165, 1.54) is 0 Å². The average Bonchev–Trinajstić information content (AvgIpc) is 2.83. The standard InChI is InChI=1S/C12H23N3O3/c1-4-16-9-7-8-15-10-11(13-14-15)12(17-5-2)18-6-3/h10,12H,4-9H2,1-3H3. The van der Waals surface area contributed by atoms with Crippen LogP contribution in [-0.2, 0) is 20.8 Å². The second kappa shape index (κ2) is 9.02. The van der Waals surface area contributed by atoms with Gasteiger partial charge in [0.15, 0.2) is 0 Å². The zero-order chi connectivity index (χ0) is 13.2. The molecule has 0 amide bonds. The summed E-state index contributed by atoms with van der Waals surface area (Å²) < 4.78 is 18.0. The molecular formula is C12H23N3O3. The summed E-state index contributed by atoms with van der Waals surface area (Å²) in [4.78, 5) is 0. The Morgan fingerprint density at radius 2 is 1.89 bits per heavy atom. The Hall–Kier alpha value is -0.980. The lowest BCUT2D eigenvalue weighted by Crippen LogP contribution is -2.09. The van der Waals surface area contributed by atoms with Crippen molar-refractivity contribution in [2.75, 3.05) is 26.4 Å². The van der Waals surface area contributed by atoms with E-state index in [0.29, 0.717) is 13.2 Å². The fourth-order valence-corrected chi connectivity index (χ4v) is 1.53. The van der Waals surface area contributed by atoms with Crippen LogP contribution in [0.3, 0.4) is 0 Å². The monoisotopic (exact) mass is 257 g/mol. The molecule has 1 heterocycles. The lowest BCUT2D eigenvalue weighted by Gasteiger charge is -2.13. The third-order valence-electron chi connectivity index (χ3n) is 2.31. The van der Waals surface area contributed by atoms with Crippen molar-refractivity contribution in [2.24, 2.45) is 0 Å². The molecule has 104 valence electrons.